The lowest BCUT2D eigenvalue weighted by Gasteiger charge is -2.22. The van der Waals surface area contributed by atoms with Crippen LogP contribution in [-0.2, 0) is 58.3 Å². The van der Waals surface area contributed by atoms with Gasteiger partial charge in [0.2, 0.25) is 6.29 Å². The summed E-state index contributed by atoms with van der Waals surface area (Å²) in [4.78, 5) is 61.2. The van der Waals surface area contributed by atoms with Crippen LogP contribution in [0.5, 0.6) is 0 Å². The summed E-state index contributed by atoms with van der Waals surface area (Å²) in [5.74, 6) is -0.441. The van der Waals surface area contributed by atoms with Crippen LogP contribution in [0.4, 0.5) is 11.8 Å². The van der Waals surface area contributed by atoms with Crippen molar-refractivity contribution >= 4 is 64.5 Å². The number of aromatic amines is 1. The number of nitrogens with zero attached hydrogens (tertiary/aromatic N) is 5. The van der Waals surface area contributed by atoms with Crippen molar-refractivity contribution in [3.05, 3.63) is 22.7 Å². The topological polar surface area (TPSA) is 307 Å². The summed E-state index contributed by atoms with van der Waals surface area (Å²) in [5.41, 5.74) is 6.69. The van der Waals surface area contributed by atoms with E-state index in [0.717, 1.165) is 0 Å². The molecule has 26 heteroatoms. The summed E-state index contributed by atoms with van der Waals surface area (Å²) in [5, 5.41) is 7.08. The molecule has 5 heterocycles. The molecule has 254 valence electrons. The smallest absolute Gasteiger partial charge is 0.369 e. The zero-order valence-electron chi connectivity index (χ0n) is 24.2. The molecule has 7 unspecified atom stereocenters. The van der Waals surface area contributed by atoms with E-state index in [1.165, 1.54) is 15.6 Å². The number of fused-ring (bicyclic) bond motifs is 2. The molecule has 3 aromatic heterocycles. The number of aryl methyl sites for hydroxylation is 1. The first-order valence-electron chi connectivity index (χ1n) is 12.9. The van der Waals surface area contributed by atoms with Gasteiger partial charge in [-0.05, 0) is 0 Å². The molecule has 2 fully saturated rings. The highest BCUT2D eigenvalue weighted by atomic mass is 32.1. The molecule has 0 saturated carbocycles. The van der Waals surface area contributed by atoms with Gasteiger partial charge in [-0.25, -0.2) is 23.7 Å². The molecule has 2 aliphatic heterocycles. The van der Waals surface area contributed by atoms with Gasteiger partial charge in [0.1, 0.15) is 35.3 Å². The zero-order chi connectivity index (χ0) is 34.0. The van der Waals surface area contributed by atoms with Gasteiger partial charge in [0.05, 0.1) is 18.6 Å². The summed E-state index contributed by atoms with van der Waals surface area (Å²) < 4.78 is 68.1. The molecule has 0 spiro atoms. The molecule has 1 amide bonds. The predicted octanol–water partition coefficient (Wildman–Crippen LogP) is 1.09. The molecule has 0 bridgehead atoms. The van der Waals surface area contributed by atoms with Crippen molar-refractivity contribution in [3.63, 3.8) is 0 Å². The van der Waals surface area contributed by atoms with E-state index in [0.29, 0.717) is 11.5 Å². The highest BCUT2D eigenvalue weighted by molar-refractivity contribution is 7.71. The summed E-state index contributed by atoms with van der Waals surface area (Å²) >= 11 is 5.22. The van der Waals surface area contributed by atoms with Crippen LogP contribution >= 0.6 is 35.7 Å². The third-order valence-electron chi connectivity index (χ3n) is 6.52. The van der Waals surface area contributed by atoms with Crippen LogP contribution in [0.25, 0.3) is 11.2 Å². The molecule has 3 aromatic rings. The number of phosphoric acid groups is 3. The molecule has 0 radical (unpaired) electrons. The molecular formula is C20H29N8O14P3S. The lowest BCUT2D eigenvalue weighted by molar-refractivity contribution is -0.166. The number of carbonyl (C=O) groups is 1. The molecular weight excluding hydrogens is 701 g/mol. The molecule has 8 N–H and O–H groups in total. The Labute approximate surface area is 263 Å². The Morgan fingerprint density at radius 2 is 1.80 bits per heavy atom. The number of aromatic nitrogens is 6. The fraction of sp³-hybridized carbons (Fsp3) is 0.550. The van der Waals surface area contributed by atoms with E-state index in [9.17, 15) is 28.3 Å². The minimum Gasteiger partial charge on any atom is -0.369 e. The average molecular weight is 730 g/mol. The van der Waals surface area contributed by atoms with Gasteiger partial charge in [-0.2, -0.15) is 13.7 Å². The highest BCUT2D eigenvalue weighted by Gasteiger charge is 2.56. The number of hydrogen-bond donors (Lipinski definition) is 7. The minimum atomic E-state index is -5.78. The van der Waals surface area contributed by atoms with Gasteiger partial charge >= 0.3 is 23.5 Å². The number of rotatable bonds is 10. The van der Waals surface area contributed by atoms with E-state index >= 15 is 0 Å². The number of imidazole rings is 1. The first kappa shape index (κ1) is 34.9. The monoisotopic (exact) mass is 730 g/mol. The third-order valence-corrected chi connectivity index (χ3v) is 10.6. The summed E-state index contributed by atoms with van der Waals surface area (Å²) in [7, 11) is -15.3. The number of nitrogen functional groups attached to an aromatic ring is 1. The Morgan fingerprint density at radius 1 is 1.13 bits per heavy atom. The van der Waals surface area contributed by atoms with Crippen molar-refractivity contribution in [2.75, 3.05) is 17.7 Å². The van der Waals surface area contributed by atoms with Gasteiger partial charge in [-0.15, -0.1) is 0 Å². The zero-order valence-corrected chi connectivity index (χ0v) is 27.7. The maximum atomic E-state index is 13.3. The van der Waals surface area contributed by atoms with Crippen molar-refractivity contribution < 1.29 is 65.4 Å². The fourth-order valence-corrected chi connectivity index (χ4v) is 7.85. The second-order valence-corrected chi connectivity index (χ2v) is 15.8. The SMILES string of the molecule is Cn1nc(C(C)(C)C)cc1NC(=O)C1OC2C(COP(=O)(O)OP(=O)(O)OP(=O)(O)O)OC(n3cnc4c(=S)nc(N)[nH]c43)C2O1. The molecule has 0 aliphatic carbocycles. The molecule has 5 rings (SSSR count). The van der Waals surface area contributed by atoms with E-state index in [-0.39, 0.29) is 27.2 Å². The van der Waals surface area contributed by atoms with Gasteiger partial charge < -0.3 is 49.8 Å². The van der Waals surface area contributed by atoms with Crippen LogP contribution in [0, 0.1) is 4.64 Å². The number of hydrogen-bond acceptors (Lipinski definition) is 15. The molecule has 0 aromatic carbocycles. The van der Waals surface area contributed by atoms with Gasteiger partial charge in [0, 0.05) is 18.5 Å². The number of nitrogens with one attached hydrogen (secondary N) is 2. The van der Waals surface area contributed by atoms with Crippen LogP contribution < -0.4 is 11.1 Å². The Kier molecular flexibility index (Phi) is 9.25. The Morgan fingerprint density at radius 3 is 2.43 bits per heavy atom. The standard InChI is InChI=1S/C20H29N8O14P3S/c1-20(2,3)9-5-10(27(4)26-9)23-15(29)18-39-12-8(6-37-44(33,34)42-45(35,36)41-43(30,31)32)38-17(13(12)40-18)28-7-22-11-14(28)24-19(21)25-16(11)46/h5,7-8,12-13,17-18H,6H2,1-4H3,(H,23,29)(H,33,34)(H,35,36)(H2,30,31,32)(H3,21,24,25,46). The van der Waals surface area contributed by atoms with Gasteiger partial charge in [-0.3, -0.25) is 18.6 Å². The van der Waals surface area contributed by atoms with Crippen LogP contribution in [0.1, 0.15) is 32.7 Å². The van der Waals surface area contributed by atoms with Crippen molar-refractivity contribution in [3.8, 4) is 0 Å². The lowest BCUT2D eigenvalue weighted by atomic mass is 9.92. The number of nitrogens with two attached hydrogens (primary N) is 1. The maximum absolute atomic E-state index is 13.3. The van der Waals surface area contributed by atoms with Crippen LogP contribution in [-0.4, -0.2) is 86.0 Å². The number of amides is 1. The Hall–Kier alpha value is -2.46. The second-order valence-electron chi connectivity index (χ2n) is 11.0. The number of phosphoric ester groups is 1. The van der Waals surface area contributed by atoms with Crippen LogP contribution in [0.3, 0.4) is 0 Å². The molecule has 2 saturated heterocycles. The quantitative estimate of drug-likeness (QED) is 0.113. The Balaban J connectivity index is 1.39. The summed E-state index contributed by atoms with van der Waals surface area (Å²) in [6.45, 7) is 4.96. The molecule has 46 heavy (non-hydrogen) atoms. The summed E-state index contributed by atoms with van der Waals surface area (Å²) in [6, 6.07) is 1.68. The molecule has 22 nitrogen and oxygen atoms in total. The van der Waals surface area contributed by atoms with E-state index in [1.807, 2.05) is 20.8 Å². The van der Waals surface area contributed by atoms with E-state index in [4.69, 9.17) is 46.5 Å². The van der Waals surface area contributed by atoms with Crippen molar-refractivity contribution in [2.24, 2.45) is 7.05 Å². The first-order valence-corrected chi connectivity index (χ1v) is 17.9. The largest absolute Gasteiger partial charge is 0.490 e. The van der Waals surface area contributed by atoms with Crippen molar-refractivity contribution in [1.29, 1.82) is 0 Å². The highest BCUT2D eigenvalue weighted by Crippen LogP contribution is 2.66. The van der Waals surface area contributed by atoms with E-state index in [2.05, 4.69) is 34.0 Å². The molecule has 2 aliphatic rings. The van der Waals surface area contributed by atoms with E-state index in [1.54, 1.807) is 13.1 Å². The van der Waals surface area contributed by atoms with Crippen LogP contribution in [0.2, 0.25) is 0 Å². The fourth-order valence-electron chi connectivity index (χ4n) is 4.57. The molecule has 7 atom stereocenters. The van der Waals surface area contributed by atoms with Gasteiger partial charge in [0.15, 0.2) is 16.8 Å². The third kappa shape index (κ3) is 7.64. The number of ether oxygens (including phenoxy) is 3. The minimum absolute atomic E-state index is 0.0512. The second kappa shape index (κ2) is 12.2. The van der Waals surface area contributed by atoms with Crippen molar-refractivity contribution in [1.82, 2.24) is 29.3 Å². The Bertz CT molecular complexity index is 1870. The lowest BCUT2D eigenvalue weighted by Crippen LogP contribution is -2.34. The van der Waals surface area contributed by atoms with Crippen molar-refractivity contribution in [2.45, 2.75) is 57.0 Å². The summed E-state index contributed by atoms with van der Waals surface area (Å²) in [6.07, 6.45) is -4.98. The maximum Gasteiger partial charge on any atom is 0.490 e. The normalized spacial score (nSPS) is 26.1. The number of carbonyl (C=O) groups excluding carboxylic acids is 1. The first-order chi connectivity index (χ1) is 21.1. The van der Waals surface area contributed by atoms with E-state index < -0.39 is 66.8 Å². The average Bonchev–Trinajstić information content (AvgIpc) is 3.63. The number of H-pyrrole nitrogens is 1. The van der Waals surface area contributed by atoms with Gasteiger partial charge in [-0.1, -0.05) is 33.0 Å². The number of anilines is 2. The van der Waals surface area contributed by atoms with Gasteiger partial charge in [0.25, 0.3) is 5.91 Å². The van der Waals surface area contributed by atoms with Crippen LogP contribution in [0.15, 0.2) is 12.4 Å². The predicted molar refractivity (Wildman–Crippen MR) is 155 cm³/mol.